The molecule has 1 aliphatic carbocycles. The van der Waals surface area contributed by atoms with Crippen LogP contribution >= 0.6 is 0 Å². The third-order valence-corrected chi connectivity index (χ3v) is 5.18. The Morgan fingerprint density at radius 3 is 2.76 bits per heavy atom. The maximum Gasteiger partial charge on any atom is 0.331 e. The molecule has 0 saturated heterocycles. The van der Waals surface area contributed by atoms with E-state index in [1.165, 1.54) is 4.90 Å². The van der Waals surface area contributed by atoms with Crippen molar-refractivity contribution in [1.82, 2.24) is 10.1 Å². The Morgan fingerprint density at radius 2 is 1.92 bits per heavy atom. The predicted octanol–water partition coefficient (Wildman–Crippen LogP) is 2.77. The van der Waals surface area contributed by atoms with Crippen molar-refractivity contribution < 1.29 is 19.2 Å². The Hall–Kier alpha value is -2.63. The van der Waals surface area contributed by atoms with E-state index in [9.17, 15) is 14.7 Å². The van der Waals surface area contributed by atoms with Crippen LogP contribution in [0.4, 0.5) is 0 Å². The number of nitrogens with zero attached hydrogens (tertiary/aromatic N) is 2. The van der Waals surface area contributed by atoms with Crippen LogP contribution in [0.1, 0.15) is 58.2 Å². The van der Waals surface area contributed by atoms with Crippen molar-refractivity contribution in [1.29, 1.82) is 0 Å². The lowest BCUT2D eigenvalue weighted by molar-refractivity contribution is -0.143. The molecule has 1 unspecified atom stereocenters. The predicted molar refractivity (Wildman–Crippen MR) is 89.3 cm³/mol. The van der Waals surface area contributed by atoms with Gasteiger partial charge in [0.2, 0.25) is 0 Å². The lowest BCUT2D eigenvalue weighted by Gasteiger charge is -2.34. The van der Waals surface area contributed by atoms with Crippen LogP contribution in [0.3, 0.4) is 0 Å². The second-order valence-electron chi connectivity index (χ2n) is 6.68. The maximum absolute atomic E-state index is 13.1. The summed E-state index contributed by atoms with van der Waals surface area (Å²) in [6.07, 6.45) is 5.34. The van der Waals surface area contributed by atoms with E-state index < -0.39 is 12.0 Å². The minimum Gasteiger partial charge on any atom is -0.479 e. The number of aliphatic carboxylic acids is 1. The Labute approximate surface area is 145 Å². The number of hydrogen-bond acceptors (Lipinski definition) is 4. The highest BCUT2D eigenvalue weighted by atomic mass is 16.5. The average Bonchev–Trinajstić information content (AvgIpc) is 2.88. The monoisotopic (exact) mass is 340 g/mol. The molecule has 2 aliphatic rings. The summed E-state index contributed by atoms with van der Waals surface area (Å²) in [4.78, 5) is 26.4. The summed E-state index contributed by atoms with van der Waals surface area (Å²) in [5.74, 6) is -0.575. The third-order valence-electron chi connectivity index (χ3n) is 5.18. The molecule has 1 aliphatic heterocycles. The molecule has 4 rings (SSSR count). The first-order chi connectivity index (χ1) is 12.2. The number of fused-ring (bicyclic) bond motifs is 2. The van der Waals surface area contributed by atoms with E-state index in [0.29, 0.717) is 24.2 Å². The Bertz CT molecular complexity index is 827. The molecule has 130 valence electrons. The van der Waals surface area contributed by atoms with Crippen molar-refractivity contribution >= 4 is 11.9 Å². The fourth-order valence-corrected chi connectivity index (χ4v) is 3.92. The first-order valence-corrected chi connectivity index (χ1v) is 8.76. The lowest BCUT2D eigenvalue weighted by atomic mass is 9.92. The molecule has 0 bridgehead atoms. The van der Waals surface area contributed by atoms with Crippen molar-refractivity contribution in [3.05, 3.63) is 52.4 Å². The van der Waals surface area contributed by atoms with Crippen LogP contribution in [0.5, 0.6) is 0 Å². The van der Waals surface area contributed by atoms with Gasteiger partial charge in [-0.1, -0.05) is 35.8 Å². The number of aromatic nitrogens is 1. The number of benzene rings is 1. The maximum atomic E-state index is 13.1. The summed E-state index contributed by atoms with van der Waals surface area (Å²) in [5.41, 5.74) is 2.83. The van der Waals surface area contributed by atoms with Gasteiger partial charge < -0.3 is 14.5 Å². The van der Waals surface area contributed by atoms with Crippen molar-refractivity contribution in [3.8, 4) is 0 Å². The van der Waals surface area contributed by atoms with E-state index in [0.717, 1.165) is 49.0 Å². The third kappa shape index (κ3) is 2.71. The molecule has 1 aromatic carbocycles. The fraction of sp³-hybridized carbons (Fsp3) is 0.421. The van der Waals surface area contributed by atoms with E-state index in [1.807, 2.05) is 18.2 Å². The van der Waals surface area contributed by atoms with Gasteiger partial charge in [0, 0.05) is 18.5 Å². The van der Waals surface area contributed by atoms with Crippen molar-refractivity contribution in [3.63, 3.8) is 0 Å². The highest BCUT2D eigenvalue weighted by Crippen LogP contribution is 2.32. The molecule has 25 heavy (non-hydrogen) atoms. The standard InChI is InChI=1S/C19H20N2O4/c22-18(16-14-8-2-1-3-9-15(14)25-20-16)21-11-10-12-6-4-5-7-13(12)17(21)19(23)24/h4-7,17H,1-3,8-11H2,(H,23,24). The zero-order valence-corrected chi connectivity index (χ0v) is 13.9. The summed E-state index contributed by atoms with van der Waals surface area (Å²) in [7, 11) is 0. The smallest absolute Gasteiger partial charge is 0.331 e. The summed E-state index contributed by atoms with van der Waals surface area (Å²) in [6.45, 7) is 0.369. The number of carbonyl (C=O) groups is 2. The number of carboxylic acids is 1. The van der Waals surface area contributed by atoms with Crippen LogP contribution in [0.2, 0.25) is 0 Å². The van der Waals surface area contributed by atoms with Gasteiger partial charge in [0.25, 0.3) is 5.91 Å². The van der Waals surface area contributed by atoms with Crippen LogP contribution in [0, 0.1) is 0 Å². The molecule has 1 N–H and O–H groups in total. The van der Waals surface area contributed by atoms with Crippen molar-refractivity contribution in [2.45, 2.75) is 44.6 Å². The molecule has 1 amide bonds. The van der Waals surface area contributed by atoms with Gasteiger partial charge >= 0.3 is 5.97 Å². The van der Waals surface area contributed by atoms with Gasteiger partial charge in [0.15, 0.2) is 11.7 Å². The zero-order chi connectivity index (χ0) is 17.4. The minimum absolute atomic E-state index is 0.294. The molecule has 1 aromatic heterocycles. The molecule has 0 fully saturated rings. The van der Waals surface area contributed by atoms with Gasteiger partial charge in [-0.05, 0) is 36.8 Å². The van der Waals surface area contributed by atoms with Crippen molar-refractivity contribution in [2.24, 2.45) is 0 Å². The lowest BCUT2D eigenvalue weighted by Crippen LogP contribution is -2.44. The Balaban J connectivity index is 1.71. The molecule has 0 spiro atoms. The van der Waals surface area contributed by atoms with Crippen LogP contribution in [0.15, 0.2) is 28.8 Å². The van der Waals surface area contributed by atoms with Gasteiger partial charge in [-0.15, -0.1) is 0 Å². The van der Waals surface area contributed by atoms with Crippen LogP contribution in [0.25, 0.3) is 0 Å². The molecule has 2 aromatic rings. The summed E-state index contributed by atoms with van der Waals surface area (Å²) < 4.78 is 5.40. The van der Waals surface area contributed by atoms with Crippen LogP contribution < -0.4 is 0 Å². The number of carbonyl (C=O) groups excluding carboxylic acids is 1. The molecule has 6 heteroatoms. The fourth-order valence-electron chi connectivity index (χ4n) is 3.92. The minimum atomic E-state index is -1.02. The SMILES string of the molecule is O=C(O)C1c2ccccc2CCN1C(=O)c1noc2c1CCCCC2. The molecular formula is C19H20N2O4. The topological polar surface area (TPSA) is 83.6 Å². The second-order valence-corrected chi connectivity index (χ2v) is 6.68. The quantitative estimate of drug-likeness (QED) is 0.850. The average molecular weight is 340 g/mol. The first-order valence-electron chi connectivity index (χ1n) is 8.76. The summed E-state index contributed by atoms with van der Waals surface area (Å²) >= 11 is 0. The van der Waals surface area contributed by atoms with Gasteiger partial charge in [-0.25, -0.2) is 4.79 Å². The largest absolute Gasteiger partial charge is 0.479 e. The molecule has 2 heterocycles. The number of aryl methyl sites for hydroxylation is 1. The number of hydrogen-bond donors (Lipinski definition) is 1. The number of amides is 1. The number of carboxylic acid groups (broad SMARTS) is 1. The molecule has 0 radical (unpaired) electrons. The molecule has 1 atom stereocenters. The van der Waals surface area contributed by atoms with E-state index in [1.54, 1.807) is 6.07 Å². The summed E-state index contributed by atoms with van der Waals surface area (Å²) in [5, 5.41) is 13.8. The normalized spacial score (nSPS) is 19.7. The summed E-state index contributed by atoms with van der Waals surface area (Å²) in [6, 6.07) is 6.44. The van der Waals surface area contributed by atoms with Crippen molar-refractivity contribution in [2.75, 3.05) is 6.54 Å². The zero-order valence-electron chi connectivity index (χ0n) is 13.9. The second kappa shape index (κ2) is 6.35. The Morgan fingerprint density at radius 1 is 1.12 bits per heavy atom. The highest BCUT2D eigenvalue weighted by molar-refractivity contribution is 5.97. The van der Waals surface area contributed by atoms with Gasteiger partial charge in [-0.2, -0.15) is 0 Å². The van der Waals surface area contributed by atoms with E-state index in [-0.39, 0.29) is 5.91 Å². The number of rotatable bonds is 2. The van der Waals surface area contributed by atoms with Crippen LogP contribution in [-0.2, 0) is 24.1 Å². The molecule has 0 saturated carbocycles. The van der Waals surface area contributed by atoms with E-state index in [4.69, 9.17) is 4.52 Å². The van der Waals surface area contributed by atoms with Crippen LogP contribution in [-0.4, -0.2) is 33.6 Å². The Kier molecular flexibility index (Phi) is 4.03. The van der Waals surface area contributed by atoms with Gasteiger partial charge in [0.1, 0.15) is 5.76 Å². The van der Waals surface area contributed by atoms with E-state index >= 15 is 0 Å². The van der Waals surface area contributed by atoms with Gasteiger partial charge in [-0.3, -0.25) is 4.79 Å². The molecule has 6 nitrogen and oxygen atoms in total. The van der Waals surface area contributed by atoms with Gasteiger partial charge in [0.05, 0.1) is 0 Å². The highest BCUT2D eigenvalue weighted by Gasteiger charge is 2.38. The first kappa shape index (κ1) is 15.9. The van der Waals surface area contributed by atoms with E-state index in [2.05, 4.69) is 5.16 Å². The molecular weight excluding hydrogens is 320 g/mol.